The number of likely N-dealkylation sites (tertiary alicyclic amines) is 1. The van der Waals surface area contributed by atoms with Gasteiger partial charge in [0.15, 0.2) is 0 Å². The van der Waals surface area contributed by atoms with Crippen LogP contribution in [-0.2, 0) is 4.74 Å². The maximum absolute atomic E-state index is 5.89. The number of ether oxygens (including phenoxy) is 1. The van der Waals surface area contributed by atoms with Gasteiger partial charge in [0, 0.05) is 25.2 Å². The largest absolute Gasteiger partial charge is 0.377 e. The molecule has 0 aliphatic carbocycles. The van der Waals surface area contributed by atoms with Crippen LogP contribution in [0.5, 0.6) is 0 Å². The Bertz CT molecular complexity index is 199. The van der Waals surface area contributed by atoms with Crippen molar-refractivity contribution in [3.8, 4) is 0 Å². The highest BCUT2D eigenvalue weighted by atomic mass is 16.5. The quantitative estimate of drug-likeness (QED) is 0.741. The molecule has 0 saturated carbocycles. The van der Waals surface area contributed by atoms with Gasteiger partial charge in [-0.2, -0.15) is 0 Å². The van der Waals surface area contributed by atoms with E-state index in [4.69, 9.17) is 4.74 Å². The Morgan fingerprint density at radius 2 is 2.18 bits per heavy atom. The summed E-state index contributed by atoms with van der Waals surface area (Å²) in [5, 5.41) is 3.32. The first kappa shape index (κ1) is 14.9. The fraction of sp³-hybridized carbons (Fsp3) is 1.00. The lowest BCUT2D eigenvalue weighted by atomic mass is 10.0. The maximum Gasteiger partial charge on any atom is 0.0702 e. The summed E-state index contributed by atoms with van der Waals surface area (Å²) in [6.45, 7) is 10.1. The zero-order valence-corrected chi connectivity index (χ0v) is 12.0. The normalized spacial score (nSPS) is 25.8. The molecule has 3 atom stereocenters. The van der Waals surface area contributed by atoms with Crippen LogP contribution in [0, 0.1) is 0 Å². The van der Waals surface area contributed by atoms with Crippen molar-refractivity contribution in [2.75, 3.05) is 26.7 Å². The molecule has 0 aromatic heterocycles. The van der Waals surface area contributed by atoms with Gasteiger partial charge in [-0.05, 0) is 53.1 Å². The Kier molecular flexibility index (Phi) is 7.09. The van der Waals surface area contributed by atoms with E-state index in [1.165, 1.54) is 25.8 Å². The lowest BCUT2D eigenvalue weighted by molar-refractivity contribution is -0.0121. The van der Waals surface area contributed by atoms with E-state index in [0.717, 1.165) is 19.6 Å². The summed E-state index contributed by atoms with van der Waals surface area (Å²) < 4.78 is 5.89. The number of rotatable bonds is 7. The predicted molar refractivity (Wildman–Crippen MR) is 73.4 cm³/mol. The molecule has 0 amide bonds. The molecule has 1 fully saturated rings. The minimum atomic E-state index is 0.469. The van der Waals surface area contributed by atoms with Crippen molar-refractivity contribution >= 4 is 0 Å². The SMILES string of the molecule is CCCOC1CCCN(C(C)CC(C)NC)C1. The molecule has 0 aromatic rings. The van der Waals surface area contributed by atoms with Gasteiger partial charge in [-0.3, -0.25) is 4.90 Å². The van der Waals surface area contributed by atoms with Gasteiger partial charge < -0.3 is 10.1 Å². The topological polar surface area (TPSA) is 24.5 Å². The van der Waals surface area contributed by atoms with E-state index in [-0.39, 0.29) is 0 Å². The highest BCUT2D eigenvalue weighted by molar-refractivity contribution is 4.79. The fourth-order valence-electron chi connectivity index (χ4n) is 2.57. The zero-order chi connectivity index (χ0) is 12.7. The molecular formula is C14H30N2O. The monoisotopic (exact) mass is 242 g/mol. The summed E-state index contributed by atoms with van der Waals surface area (Å²) in [5.41, 5.74) is 0. The van der Waals surface area contributed by atoms with Crippen LogP contribution in [0.15, 0.2) is 0 Å². The zero-order valence-electron chi connectivity index (χ0n) is 12.0. The average molecular weight is 242 g/mol. The van der Waals surface area contributed by atoms with Crippen LogP contribution < -0.4 is 5.32 Å². The summed E-state index contributed by atoms with van der Waals surface area (Å²) in [6.07, 6.45) is 5.34. The van der Waals surface area contributed by atoms with Crippen LogP contribution in [0.3, 0.4) is 0 Å². The van der Waals surface area contributed by atoms with E-state index < -0.39 is 0 Å². The van der Waals surface area contributed by atoms with E-state index in [2.05, 4.69) is 31.0 Å². The molecule has 1 aliphatic rings. The second-order valence-electron chi connectivity index (χ2n) is 5.40. The highest BCUT2D eigenvalue weighted by Crippen LogP contribution is 2.18. The smallest absolute Gasteiger partial charge is 0.0702 e. The number of nitrogens with zero attached hydrogens (tertiary/aromatic N) is 1. The van der Waals surface area contributed by atoms with Gasteiger partial charge in [0.05, 0.1) is 6.10 Å². The molecule has 1 N–H and O–H groups in total. The fourth-order valence-corrected chi connectivity index (χ4v) is 2.57. The summed E-state index contributed by atoms with van der Waals surface area (Å²) in [6, 6.07) is 1.26. The number of nitrogens with one attached hydrogen (secondary N) is 1. The number of hydrogen-bond acceptors (Lipinski definition) is 3. The van der Waals surface area contributed by atoms with Gasteiger partial charge in [-0.25, -0.2) is 0 Å². The molecule has 1 heterocycles. The molecule has 3 nitrogen and oxygen atoms in total. The van der Waals surface area contributed by atoms with E-state index in [1.54, 1.807) is 0 Å². The first-order valence-corrected chi connectivity index (χ1v) is 7.20. The second-order valence-corrected chi connectivity index (χ2v) is 5.40. The predicted octanol–water partition coefficient (Wildman–Crippen LogP) is 2.26. The van der Waals surface area contributed by atoms with E-state index in [0.29, 0.717) is 18.2 Å². The summed E-state index contributed by atoms with van der Waals surface area (Å²) >= 11 is 0. The van der Waals surface area contributed by atoms with Crippen molar-refractivity contribution in [2.45, 2.75) is 64.6 Å². The van der Waals surface area contributed by atoms with Crippen LogP contribution in [-0.4, -0.2) is 49.8 Å². The molecule has 0 aromatic carbocycles. The Labute approximate surface area is 107 Å². The molecule has 1 rings (SSSR count). The molecule has 3 heteroatoms. The van der Waals surface area contributed by atoms with Crippen molar-refractivity contribution in [3.05, 3.63) is 0 Å². The Hall–Kier alpha value is -0.120. The van der Waals surface area contributed by atoms with Gasteiger partial charge in [-0.1, -0.05) is 6.92 Å². The molecule has 0 radical (unpaired) electrons. The first-order valence-electron chi connectivity index (χ1n) is 7.20. The minimum Gasteiger partial charge on any atom is -0.377 e. The van der Waals surface area contributed by atoms with Crippen molar-refractivity contribution in [1.29, 1.82) is 0 Å². The van der Waals surface area contributed by atoms with Crippen LogP contribution >= 0.6 is 0 Å². The van der Waals surface area contributed by atoms with Crippen LogP contribution in [0.1, 0.15) is 46.5 Å². The molecule has 102 valence electrons. The molecule has 1 saturated heterocycles. The molecule has 3 unspecified atom stereocenters. The van der Waals surface area contributed by atoms with E-state index in [1.807, 2.05) is 7.05 Å². The Balaban J connectivity index is 2.32. The number of hydrogen-bond donors (Lipinski definition) is 1. The van der Waals surface area contributed by atoms with Crippen molar-refractivity contribution in [2.24, 2.45) is 0 Å². The summed E-state index contributed by atoms with van der Waals surface area (Å²) in [5.74, 6) is 0. The van der Waals surface area contributed by atoms with E-state index in [9.17, 15) is 0 Å². The molecule has 1 aliphatic heterocycles. The third kappa shape index (κ3) is 5.36. The minimum absolute atomic E-state index is 0.469. The third-order valence-corrected chi connectivity index (χ3v) is 3.78. The van der Waals surface area contributed by atoms with Gasteiger partial charge in [0.1, 0.15) is 0 Å². The maximum atomic E-state index is 5.89. The summed E-state index contributed by atoms with van der Waals surface area (Å²) in [7, 11) is 2.04. The van der Waals surface area contributed by atoms with Crippen LogP contribution in [0.2, 0.25) is 0 Å². The molecular weight excluding hydrogens is 212 g/mol. The molecule has 0 bridgehead atoms. The molecule has 0 spiro atoms. The third-order valence-electron chi connectivity index (χ3n) is 3.78. The van der Waals surface area contributed by atoms with Gasteiger partial charge >= 0.3 is 0 Å². The summed E-state index contributed by atoms with van der Waals surface area (Å²) in [4.78, 5) is 2.59. The standard InChI is InChI=1S/C14H30N2O/c1-5-9-17-14-7-6-8-16(11-14)13(3)10-12(2)15-4/h12-15H,5-11H2,1-4H3. The van der Waals surface area contributed by atoms with Crippen molar-refractivity contribution in [1.82, 2.24) is 10.2 Å². The highest BCUT2D eigenvalue weighted by Gasteiger charge is 2.24. The second kappa shape index (κ2) is 8.06. The Morgan fingerprint density at radius 3 is 2.82 bits per heavy atom. The average Bonchev–Trinajstić information content (AvgIpc) is 2.36. The first-order chi connectivity index (χ1) is 8.17. The number of piperidine rings is 1. The van der Waals surface area contributed by atoms with Crippen molar-refractivity contribution < 1.29 is 4.74 Å². The van der Waals surface area contributed by atoms with Gasteiger partial charge in [0.25, 0.3) is 0 Å². The van der Waals surface area contributed by atoms with Crippen molar-refractivity contribution in [3.63, 3.8) is 0 Å². The van der Waals surface area contributed by atoms with Gasteiger partial charge in [-0.15, -0.1) is 0 Å². The van der Waals surface area contributed by atoms with Gasteiger partial charge in [0.2, 0.25) is 0 Å². The van der Waals surface area contributed by atoms with E-state index >= 15 is 0 Å². The van der Waals surface area contributed by atoms with Crippen LogP contribution in [0.25, 0.3) is 0 Å². The lowest BCUT2D eigenvalue weighted by Gasteiger charge is -2.37. The Morgan fingerprint density at radius 1 is 1.41 bits per heavy atom. The van der Waals surface area contributed by atoms with Crippen LogP contribution in [0.4, 0.5) is 0 Å². The lowest BCUT2D eigenvalue weighted by Crippen LogP contribution is -2.46. The molecule has 17 heavy (non-hydrogen) atoms.